The van der Waals surface area contributed by atoms with Crippen LogP contribution in [-0.4, -0.2) is 56.7 Å². The number of hydrogen-bond donors (Lipinski definition) is 1. The standard InChI is InChI=1S/C15H23N3O/c1-17-5-7-18(8-6-17)15-11-16-10-12-3-4-13(19-2)9-14(12)15/h3-4,9,15-16H,5-8,10-11H2,1-2H3. The number of hydrogen-bond acceptors (Lipinski definition) is 4. The molecule has 1 N–H and O–H groups in total. The predicted octanol–water partition coefficient (Wildman–Crippen LogP) is 1.09. The van der Waals surface area contributed by atoms with Gasteiger partial charge in [-0.2, -0.15) is 0 Å². The van der Waals surface area contributed by atoms with Crippen molar-refractivity contribution in [3.05, 3.63) is 29.3 Å². The first-order valence-electron chi connectivity index (χ1n) is 7.08. The van der Waals surface area contributed by atoms with E-state index in [1.165, 1.54) is 11.1 Å². The monoisotopic (exact) mass is 261 g/mol. The zero-order valence-corrected chi connectivity index (χ0v) is 11.9. The van der Waals surface area contributed by atoms with Gasteiger partial charge in [0.05, 0.1) is 7.11 Å². The molecule has 1 atom stereocenters. The molecule has 104 valence electrons. The van der Waals surface area contributed by atoms with Gasteiger partial charge >= 0.3 is 0 Å². The fraction of sp³-hybridized carbons (Fsp3) is 0.600. The lowest BCUT2D eigenvalue weighted by atomic mass is 9.94. The van der Waals surface area contributed by atoms with Crippen LogP contribution in [-0.2, 0) is 6.54 Å². The SMILES string of the molecule is COc1ccc2c(c1)C(N1CCN(C)CC1)CNC2. The highest BCUT2D eigenvalue weighted by Crippen LogP contribution is 2.30. The molecule has 4 heteroatoms. The molecule has 0 radical (unpaired) electrons. The summed E-state index contributed by atoms with van der Waals surface area (Å²) in [5.41, 5.74) is 2.86. The quantitative estimate of drug-likeness (QED) is 0.862. The van der Waals surface area contributed by atoms with E-state index in [1.54, 1.807) is 7.11 Å². The van der Waals surface area contributed by atoms with E-state index in [2.05, 4.69) is 40.4 Å². The van der Waals surface area contributed by atoms with E-state index in [4.69, 9.17) is 4.74 Å². The second kappa shape index (κ2) is 5.49. The van der Waals surface area contributed by atoms with Gasteiger partial charge in [-0.1, -0.05) is 6.07 Å². The molecule has 3 rings (SSSR count). The molecule has 0 bridgehead atoms. The summed E-state index contributed by atoms with van der Waals surface area (Å²) in [6, 6.07) is 6.97. The second-order valence-electron chi connectivity index (χ2n) is 5.55. The minimum Gasteiger partial charge on any atom is -0.497 e. The molecule has 19 heavy (non-hydrogen) atoms. The highest BCUT2D eigenvalue weighted by atomic mass is 16.5. The number of nitrogens with zero attached hydrogens (tertiary/aromatic N) is 2. The summed E-state index contributed by atoms with van der Waals surface area (Å²) in [7, 11) is 3.95. The van der Waals surface area contributed by atoms with Gasteiger partial charge in [-0.3, -0.25) is 4.90 Å². The van der Waals surface area contributed by atoms with Crippen LogP contribution in [0.1, 0.15) is 17.2 Å². The number of piperazine rings is 1. The molecular weight excluding hydrogens is 238 g/mol. The van der Waals surface area contributed by atoms with E-state index >= 15 is 0 Å². The maximum Gasteiger partial charge on any atom is 0.119 e. The van der Waals surface area contributed by atoms with Crippen LogP contribution in [0.2, 0.25) is 0 Å². The fourth-order valence-electron chi connectivity index (χ4n) is 3.08. The van der Waals surface area contributed by atoms with Crippen molar-refractivity contribution in [3.63, 3.8) is 0 Å². The third-order valence-corrected chi connectivity index (χ3v) is 4.34. The smallest absolute Gasteiger partial charge is 0.119 e. The van der Waals surface area contributed by atoms with Crippen molar-refractivity contribution in [3.8, 4) is 5.75 Å². The summed E-state index contributed by atoms with van der Waals surface area (Å²) in [5.74, 6) is 0.972. The highest BCUT2D eigenvalue weighted by Gasteiger charge is 2.28. The Labute approximate surface area is 115 Å². The van der Waals surface area contributed by atoms with Gasteiger partial charge in [-0.05, 0) is 30.3 Å². The Morgan fingerprint density at radius 1 is 1.21 bits per heavy atom. The number of ether oxygens (including phenoxy) is 1. The average molecular weight is 261 g/mol. The van der Waals surface area contributed by atoms with Crippen molar-refractivity contribution in [2.75, 3.05) is 46.9 Å². The van der Waals surface area contributed by atoms with Gasteiger partial charge < -0.3 is 15.0 Å². The molecule has 1 fully saturated rings. The summed E-state index contributed by atoms with van der Waals surface area (Å²) in [6.07, 6.45) is 0. The molecule has 2 aliphatic rings. The molecular formula is C15H23N3O. The molecule has 2 aliphatic heterocycles. The Hall–Kier alpha value is -1.10. The number of likely N-dealkylation sites (N-methyl/N-ethyl adjacent to an activating group) is 1. The van der Waals surface area contributed by atoms with Crippen LogP contribution in [0.3, 0.4) is 0 Å². The number of fused-ring (bicyclic) bond motifs is 1. The van der Waals surface area contributed by atoms with Crippen LogP contribution in [0.4, 0.5) is 0 Å². The van der Waals surface area contributed by atoms with Gasteiger partial charge in [0.25, 0.3) is 0 Å². The molecule has 1 aromatic carbocycles. The second-order valence-corrected chi connectivity index (χ2v) is 5.55. The molecule has 0 aliphatic carbocycles. The summed E-state index contributed by atoms with van der Waals surface area (Å²) in [5, 5.41) is 3.54. The van der Waals surface area contributed by atoms with Gasteiger partial charge in [-0.15, -0.1) is 0 Å². The third kappa shape index (κ3) is 2.61. The van der Waals surface area contributed by atoms with E-state index in [0.29, 0.717) is 6.04 Å². The normalized spacial score (nSPS) is 25.1. The fourth-order valence-corrected chi connectivity index (χ4v) is 3.08. The van der Waals surface area contributed by atoms with Crippen LogP contribution < -0.4 is 10.1 Å². The Balaban J connectivity index is 1.84. The lowest BCUT2D eigenvalue weighted by Crippen LogP contribution is -2.49. The number of benzene rings is 1. The predicted molar refractivity (Wildman–Crippen MR) is 76.5 cm³/mol. The first-order chi connectivity index (χ1) is 9.28. The zero-order valence-electron chi connectivity index (χ0n) is 11.9. The molecule has 0 amide bonds. The van der Waals surface area contributed by atoms with Crippen LogP contribution in [0, 0.1) is 0 Å². The van der Waals surface area contributed by atoms with Crippen LogP contribution >= 0.6 is 0 Å². The molecule has 1 aromatic rings. The van der Waals surface area contributed by atoms with E-state index in [9.17, 15) is 0 Å². The maximum atomic E-state index is 5.39. The number of nitrogens with one attached hydrogen (secondary N) is 1. The largest absolute Gasteiger partial charge is 0.497 e. The molecule has 4 nitrogen and oxygen atoms in total. The van der Waals surface area contributed by atoms with Crippen molar-refractivity contribution in [2.45, 2.75) is 12.6 Å². The van der Waals surface area contributed by atoms with E-state index in [-0.39, 0.29) is 0 Å². The molecule has 2 heterocycles. The molecule has 0 saturated carbocycles. The van der Waals surface area contributed by atoms with Crippen LogP contribution in [0.25, 0.3) is 0 Å². The first-order valence-corrected chi connectivity index (χ1v) is 7.08. The Kier molecular flexibility index (Phi) is 3.73. The zero-order chi connectivity index (χ0) is 13.2. The molecule has 1 saturated heterocycles. The Morgan fingerprint density at radius 3 is 2.74 bits per heavy atom. The van der Waals surface area contributed by atoms with Crippen molar-refractivity contribution < 1.29 is 4.74 Å². The number of methoxy groups -OCH3 is 1. The van der Waals surface area contributed by atoms with E-state index in [0.717, 1.165) is 45.0 Å². The molecule has 1 unspecified atom stereocenters. The van der Waals surface area contributed by atoms with Crippen molar-refractivity contribution in [1.29, 1.82) is 0 Å². The van der Waals surface area contributed by atoms with Gasteiger partial charge in [0.2, 0.25) is 0 Å². The van der Waals surface area contributed by atoms with Crippen molar-refractivity contribution in [1.82, 2.24) is 15.1 Å². The van der Waals surface area contributed by atoms with Gasteiger partial charge in [0, 0.05) is 45.3 Å². The third-order valence-electron chi connectivity index (χ3n) is 4.34. The minimum atomic E-state index is 0.493. The van der Waals surface area contributed by atoms with Gasteiger partial charge in [-0.25, -0.2) is 0 Å². The number of rotatable bonds is 2. The minimum absolute atomic E-state index is 0.493. The summed E-state index contributed by atoms with van der Waals surface area (Å²) >= 11 is 0. The van der Waals surface area contributed by atoms with E-state index in [1.807, 2.05) is 0 Å². The average Bonchev–Trinajstić information content (AvgIpc) is 2.47. The van der Waals surface area contributed by atoms with Crippen molar-refractivity contribution >= 4 is 0 Å². The topological polar surface area (TPSA) is 27.7 Å². The van der Waals surface area contributed by atoms with E-state index < -0.39 is 0 Å². The maximum absolute atomic E-state index is 5.39. The Morgan fingerprint density at radius 2 is 2.00 bits per heavy atom. The van der Waals surface area contributed by atoms with Crippen molar-refractivity contribution in [2.24, 2.45) is 0 Å². The first kappa shape index (κ1) is 12.9. The van der Waals surface area contributed by atoms with Gasteiger partial charge in [0.15, 0.2) is 0 Å². The summed E-state index contributed by atoms with van der Waals surface area (Å²) in [4.78, 5) is 5.00. The molecule has 0 aromatic heterocycles. The highest BCUT2D eigenvalue weighted by molar-refractivity contribution is 5.39. The summed E-state index contributed by atoms with van der Waals surface area (Å²) < 4.78 is 5.39. The van der Waals surface area contributed by atoms with Gasteiger partial charge in [0.1, 0.15) is 5.75 Å². The lowest BCUT2D eigenvalue weighted by molar-refractivity contribution is 0.106. The van der Waals surface area contributed by atoms with Crippen LogP contribution in [0.15, 0.2) is 18.2 Å². The van der Waals surface area contributed by atoms with Crippen LogP contribution in [0.5, 0.6) is 5.75 Å². The summed E-state index contributed by atoms with van der Waals surface area (Å²) in [6.45, 7) is 6.65. The molecule has 0 spiro atoms. The lowest BCUT2D eigenvalue weighted by Gasteiger charge is -2.40. The Bertz CT molecular complexity index is 441.